The van der Waals surface area contributed by atoms with Gasteiger partial charge in [-0.1, -0.05) is 0 Å². The highest BCUT2D eigenvalue weighted by Crippen LogP contribution is 2.28. The largest absolute Gasteiger partial charge is 0.472 e. The number of hydrogen-bond donors (Lipinski definition) is 0. The Bertz CT molecular complexity index is 456. The Morgan fingerprint density at radius 1 is 1.57 bits per heavy atom. The van der Waals surface area contributed by atoms with Gasteiger partial charge in [0, 0.05) is 10.4 Å². The molecule has 0 N–H and O–H groups in total. The van der Waals surface area contributed by atoms with Crippen LogP contribution in [-0.2, 0) is 0 Å². The lowest BCUT2D eigenvalue weighted by atomic mass is 10.1. The molecule has 4 heteroatoms. The van der Waals surface area contributed by atoms with Crippen LogP contribution in [-0.4, -0.2) is 5.78 Å². The molecule has 2 nitrogen and oxygen atoms in total. The summed E-state index contributed by atoms with van der Waals surface area (Å²) >= 11 is 4.92. The van der Waals surface area contributed by atoms with E-state index < -0.39 is 0 Å². The molecule has 0 aliphatic carbocycles. The molecule has 2 rings (SSSR count). The first kappa shape index (κ1) is 9.68. The van der Waals surface area contributed by atoms with E-state index in [9.17, 15) is 4.79 Å². The van der Waals surface area contributed by atoms with E-state index in [-0.39, 0.29) is 5.78 Å². The maximum Gasteiger partial charge on any atom is 0.197 e. The van der Waals surface area contributed by atoms with E-state index in [0.29, 0.717) is 5.56 Å². The van der Waals surface area contributed by atoms with Crippen molar-refractivity contribution in [3.63, 3.8) is 0 Å². The first-order valence-corrected chi connectivity index (χ1v) is 5.62. The molecule has 0 amide bonds. The smallest absolute Gasteiger partial charge is 0.197 e. The molecule has 2 heterocycles. The number of ketones is 1. The topological polar surface area (TPSA) is 30.2 Å². The third-order valence-corrected chi connectivity index (χ3v) is 3.47. The molecule has 14 heavy (non-hydrogen) atoms. The molecule has 0 aromatic carbocycles. The van der Waals surface area contributed by atoms with Crippen molar-refractivity contribution in [2.24, 2.45) is 0 Å². The van der Waals surface area contributed by atoms with Crippen LogP contribution in [0.25, 0.3) is 0 Å². The summed E-state index contributed by atoms with van der Waals surface area (Å²) in [7, 11) is 0. The second-order valence-corrected chi connectivity index (χ2v) is 5.50. The molecule has 0 aliphatic heterocycles. The van der Waals surface area contributed by atoms with E-state index in [2.05, 4.69) is 15.9 Å². The van der Waals surface area contributed by atoms with Gasteiger partial charge < -0.3 is 4.42 Å². The van der Waals surface area contributed by atoms with Gasteiger partial charge in [-0.05, 0) is 35.0 Å². The Morgan fingerprint density at radius 2 is 2.36 bits per heavy atom. The van der Waals surface area contributed by atoms with Crippen molar-refractivity contribution in [1.82, 2.24) is 0 Å². The van der Waals surface area contributed by atoms with Crippen molar-refractivity contribution in [1.29, 1.82) is 0 Å². The molecule has 0 bridgehead atoms. The normalized spacial score (nSPS) is 10.4. The summed E-state index contributed by atoms with van der Waals surface area (Å²) in [6.45, 7) is 1.93. The third kappa shape index (κ3) is 1.67. The molecule has 0 atom stereocenters. The highest BCUT2D eigenvalue weighted by Gasteiger charge is 2.15. The number of halogens is 1. The summed E-state index contributed by atoms with van der Waals surface area (Å²) in [5.74, 6) is 0.0122. The van der Waals surface area contributed by atoms with Crippen LogP contribution in [0.1, 0.15) is 20.8 Å². The molecule has 0 unspecified atom stereocenters. The van der Waals surface area contributed by atoms with Gasteiger partial charge >= 0.3 is 0 Å². The van der Waals surface area contributed by atoms with Crippen LogP contribution in [0.2, 0.25) is 0 Å². The molecular weight excluding hydrogens is 264 g/mol. The van der Waals surface area contributed by atoms with Crippen LogP contribution in [0.15, 0.2) is 32.9 Å². The Kier molecular flexibility index (Phi) is 2.56. The van der Waals surface area contributed by atoms with Crippen LogP contribution in [0.4, 0.5) is 0 Å². The molecular formula is C10H7BrO2S. The summed E-state index contributed by atoms with van der Waals surface area (Å²) in [5, 5.41) is 0. The zero-order valence-electron chi connectivity index (χ0n) is 7.41. The minimum Gasteiger partial charge on any atom is -0.472 e. The van der Waals surface area contributed by atoms with Gasteiger partial charge in [-0.2, -0.15) is 0 Å². The fourth-order valence-corrected chi connectivity index (χ4v) is 2.91. The van der Waals surface area contributed by atoms with Gasteiger partial charge in [0.05, 0.1) is 15.6 Å². The zero-order chi connectivity index (χ0) is 10.1. The number of carbonyl (C=O) groups excluding carboxylic acids is 1. The lowest BCUT2D eigenvalue weighted by Gasteiger charge is -1.94. The zero-order valence-corrected chi connectivity index (χ0v) is 9.81. The standard InChI is InChI=1S/C10H7BrO2S/c1-6-8(4-9(11)14-6)10(12)7-2-3-13-5-7/h2-5H,1H3. The van der Waals surface area contributed by atoms with E-state index in [4.69, 9.17) is 4.42 Å². The van der Waals surface area contributed by atoms with E-state index in [1.165, 1.54) is 12.5 Å². The lowest BCUT2D eigenvalue weighted by Crippen LogP contribution is -1.98. The van der Waals surface area contributed by atoms with E-state index >= 15 is 0 Å². The van der Waals surface area contributed by atoms with E-state index in [0.717, 1.165) is 14.2 Å². The first-order chi connectivity index (χ1) is 6.68. The van der Waals surface area contributed by atoms with Crippen LogP contribution in [0, 0.1) is 6.92 Å². The van der Waals surface area contributed by atoms with Gasteiger partial charge in [0.25, 0.3) is 0 Å². The average Bonchev–Trinajstić information content (AvgIpc) is 2.73. The van der Waals surface area contributed by atoms with Gasteiger partial charge in [0.2, 0.25) is 0 Å². The predicted molar refractivity (Wildman–Crippen MR) is 58.9 cm³/mol. The van der Waals surface area contributed by atoms with Gasteiger partial charge in [0.1, 0.15) is 6.26 Å². The third-order valence-electron chi connectivity index (χ3n) is 1.92. The minimum absolute atomic E-state index is 0.0122. The fraction of sp³-hybridized carbons (Fsp3) is 0.100. The predicted octanol–water partition coefficient (Wildman–Crippen LogP) is 3.64. The monoisotopic (exact) mass is 270 g/mol. The number of furan rings is 1. The molecule has 72 valence electrons. The Labute approximate surface area is 93.7 Å². The van der Waals surface area contributed by atoms with Crippen LogP contribution in [0.3, 0.4) is 0 Å². The lowest BCUT2D eigenvalue weighted by molar-refractivity contribution is 0.103. The van der Waals surface area contributed by atoms with Crippen molar-refractivity contribution in [2.45, 2.75) is 6.92 Å². The number of aryl methyl sites for hydroxylation is 1. The van der Waals surface area contributed by atoms with Gasteiger partial charge in [-0.25, -0.2) is 0 Å². The van der Waals surface area contributed by atoms with Gasteiger partial charge in [0.15, 0.2) is 5.78 Å². The van der Waals surface area contributed by atoms with Crippen molar-refractivity contribution in [3.8, 4) is 0 Å². The quantitative estimate of drug-likeness (QED) is 0.780. The van der Waals surface area contributed by atoms with Crippen molar-refractivity contribution >= 4 is 33.0 Å². The maximum atomic E-state index is 11.9. The van der Waals surface area contributed by atoms with Gasteiger partial charge in [-0.15, -0.1) is 11.3 Å². The second kappa shape index (κ2) is 3.71. The van der Waals surface area contributed by atoms with Gasteiger partial charge in [-0.3, -0.25) is 4.79 Å². The molecule has 0 radical (unpaired) electrons. The molecule has 2 aromatic rings. The molecule has 0 fully saturated rings. The fourth-order valence-electron chi connectivity index (χ4n) is 1.22. The SMILES string of the molecule is Cc1sc(Br)cc1C(=O)c1ccoc1. The summed E-state index contributed by atoms with van der Waals surface area (Å²) in [4.78, 5) is 12.9. The van der Waals surface area contributed by atoms with E-state index in [1.54, 1.807) is 17.4 Å². The van der Waals surface area contributed by atoms with Crippen LogP contribution >= 0.6 is 27.3 Å². The Balaban J connectivity index is 2.41. The van der Waals surface area contributed by atoms with E-state index in [1.807, 2.05) is 13.0 Å². The number of hydrogen-bond acceptors (Lipinski definition) is 3. The second-order valence-electron chi connectivity index (χ2n) is 2.86. The summed E-state index contributed by atoms with van der Waals surface area (Å²) < 4.78 is 5.85. The molecule has 2 aromatic heterocycles. The molecule has 0 spiro atoms. The van der Waals surface area contributed by atoms with Crippen molar-refractivity contribution < 1.29 is 9.21 Å². The summed E-state index contributed by atoms with van der Waals surface area (Å²) in [6, 6.07) is 3.52. The molecule has 0 aliphatic rings. The average molecular weight is 271 g/mol. The maximum absolute atomic E-state index is 11.9. The Morgan fingerprint density at radius 3 is 2.86 bits per heavy atom. The summed E-state index contributed by atoms with van der Waals surface area (Å²) in [5.41, 5.74) is 1.33. The Hall–Kier alpha value is -0.870. The first-order valence-electron chi connectivity index (χ1n) is 4.01. The number of rotatable bonds is 2. The highest BCUT2D eigenvalue weighted by atomic mass is 79.9. The molecule has 0 saturated carbocycles. The summed E-state index contributed by atoms with van der Waals surface area (Å²) in [6.07, 6.45) is 2.97. The van der Waals surface area contributed by atoms with Crippen molar-refractivity contribution in [2.75, 3.05) is 0 Å². The highest BCUT2D eigenvalue weighted by molar-refractivity contribution is 9.11. The minimum atomic E-state index is 0.0122. The van der Waals surface area contributed by atoms with Crippen molar-refractivity contribution in [3.05, 3.63) is 44.4 Å². The van der Waals surface area contributed by atoms with Crippen LogP contribution < -0.4 is 0 Å². The number of thiophene rings is 1. The molecule has 0 saturated heterocycles. The van der Waals surface area contributed by atoms with Crippen LogP contribution in [0.5, 0.6) is 0 Å². The number of carbonyl (C=O) groups is 1.